The van der Waals surface area contributed by atoms with Crippen molar-refractivity contribution < 1.29 is 38.7 Å². The predicted molar refractivity (Wildman–Crippen MR) is 259 cm³/mol. The van der Waals surface area contributed by atoms with E-state index < -0.39 is 12.2 Å². The number of para-hydroxylation sites is 4. The van der Waals surface area contributed by atoms with E-state index in [-0.39, 0.29) is 35.7 Å². The molecule has 0 aliphatic carbocycles. The number of nitrogens with zero attached hydrogens (tertiary/aromatic N) is 6. The maximum absolute atomic E-state index is 14.0. The topological polar surface area (TPSA) is 178 Å². The van der Waals surface area contributed by atoms with Crippen molar-refractivity contribution in [2.24, 2.45) is 23.7 Å². The van der Waals surface area contributed by atoms with Crippen LogP contribution < -0.4 is 10.6 Å². The van der Waals surface area contributed by atoms with Crippen molar-refractivity contribution in [3.63, 3.8) is 0 Å². The molecule has 2 aromatic carbocycles. The molecule has 4 aromatic rings. The normalized spacial score (nSPS) is 19.8. The number of carbonyl (C=O) groups is 2. The lowest BCUT2D eigenvalue weighted by Gasteiger charge is -2.40. The zero-order valence-electron chi connectivity index (χ0n) is 41.0. The third kappa shape index (κ3) is 14.5. The number of aliphatic hydroxyl groups is 2. The number of piperidine rings is 2. The fraction of sp³-hybridized carbons (Fsp3) is 0.680. The molecule has 2 aliphatic rings. The summed E-state index contributed by atoms with van der Waals surface area (Å²) in [6, 6.07) is 15.9. The van der Waals surface area contributed by atoms with Gasteiger partial charge >= 0.3 is 0 Å². The lowest BCUT2D eigenvalue weighted by atomic mass is 9.89. The van der Waals surface area contributed by atoms with Crippen molar-refractivity contribution in [3.8, 4) is 0 Å². The van der Waals surface area contributed by atoms with Gasteiger partial charge in [0.1, 0.15) is 0 Å². The van der Waals surface area contributed by atoms with Gasteiger partial charge in [0, 0.05) is 118 Å². The van der Waals surface area contributed by atoms with E-state index in [9.17, 15) is 19.8 Å². The fourth-order valence-electron chi connectivity index (χ4n) is 9.38. The highest BCUT2D eigenvalue weighted by atomic mass is 16.5. The Kier molecular flexibility index (Phi) is 21.8. The highest BCUT2D eigenvalue weighted by Gasteiger charge is 2.37. The van der Waals surface area contributed by atoms with Gasteiger partial charge in [-0.25, -0.2) is 9.97 Å². The third-order valence-corrected chi connectivity index (χ3v) is 12.7. The first-order chi connectivity index (χ1) is 31.9. The number of rotatable bonds is 24. The molecule has 0 bridgehead atoms. The lowest BCUT2D eigenvalue weighted by molar-refractivity contribution is 0.00229. The first kappa shape index (κ1) is 53.0. The molecule has 16 nitrogen and oxygen atoms in total. The number of amides is 2. The molecule has 0 saturated carbocycles. The van der Waals surface area contributed by atoms with E-state index in [1.54, 1.807) is 28.4 Å². The molecule has 66 heavy (non-hydrogen) atoms. The number of nitrogens with one attached hydrogen (secondary N) is 2. The van der Waals surface area contributed by atoms with Gasteiger partial charge in [-0.05, 0) is 74.6 Å². The van der Waals surface area contributed by atoms with Gasteiger partial charge in [0.15, 0.2) is 11.6 Å². The minimum absolute atomic E-state index is 0.00749. The maximum atomic E-state index is 14.0. The molecule has 4 N–H and O–H groups in total. The van der Waals surface area contributed by atoms with Crippen LogP contribution in [0, 0.1) is 23.7 Å². The number of carbonyl (C=O) groups excluding carboxylic acids is 2. The lowest BCUT2D eigenvalue weighted by Crippen LogP contribution is -2.54. The second-order valence-electron chi connectivity index (χ2n) is 18.9. The smallest absolute Gasteiger partial charge is 0.290 e. The quantitative estimate of drug-likeness (QED) is 0.0686. The molecular weight excluding hydrogens is 841 g/mol. The first-order valence-electron chi connectivity index (χ1n) is 24.2. The van der Waals surface area contributed by atoms with Crippen LogP contribution in [0.3, 0.4) is 0 Å². The number of imidazole rings is 2. The van der Waals surface area contributed by atoms with E-state index in [1.807, 2.05) is 58.3 Å². The van der Waals surface area contributed by atoms with Gasteiger partial charge in [0.25, 0.3) is 11.8 Å². The number of fused-ring (bicyclic) bond motifs is 2. The van der Waals surface area contributed by atoms with Crippen LogP contribution in [0.2, 0.25) is 0 Å². The molecule has 0 spiro atoms. The largest absolute Gasteiger partial charge is 0.390 e. The minimum Gasteiger partial charge on any atom is -0.390 e. The van der Waals surface area contributed by atoms with Gasteiger partial charge in [-0.15, -0.1) is 0 Å². The number of ether oxygens (including phenoxy) is 4. The number of hydrogen-bond donors (Lipinski definition) is 4. The van der Waals surface area contributed by atoms with Crippen molar-refractivity contribution >= 4 is 33.9 Å². The molecule has 2 unspecified atom stereocenters. The van der Waals surface area contributed by atoms with Crippen molar-refractivity contribution in [2.75, 3.05) is 94.1 Å². The van der Waals surface area contributed by atoms with Gasteiger partial charge < -0.3 is 58.7 Å². The van der Waals surface area contributed by atoms with Crippen LogP contribution in [0.5, 0.6) is 0 Å². The van der Waals surface area contributed by atoms with Crippen molar-refractivity contribution in [1.82, 2.24) is 39.5 Å². The van der Waals surface area contributed by atoms with Crippen molar-refractivity contribution in [2.45, 2.75) is 104 Å². The van der Waals surface area contributed by atoms with Crippen molar-refractivity contribution in [1.29, 1.82) is 0 Å². The molecule has 16 heteroatoms. The average molecular weight is 921 g/mol. The number of aryl methyl sites for hydroxylation is 2. The van der Waals surface area contributed by atoms with Crippen LogP contribution in [-0.4, -0.2) is 169 Å². The number of unbranched alkanes of at least 4 members (excludes halogenated alkanes) is 2. The van der Waals surface area contributed by atoms with E-state index in [0.717, 1.165) is 86.8 Å². The zero-order chi connectivity index (χ0) is 47.6. The average Bonchev–Trinajstić information content (AvgIpc) is 3.88. The Morgan fingerprint density at radius 1 is 0.621 bits per heavy atom. The summed E-state index contributed by atoms with van der Waals surface area (Å²) >= 11 is 0. The molecule has 6 atom stereocenters. The van der Waals surface area contributed by atoms with Crippen LogP contribution in [0.1, 0.15) is 87.5 Å². The summed E-state index contributed by atoms with van der Waals surface area (Å²) in [5, 5.41) is 27.8. The summed E-state index contributed by atoms with van der Waals surface area (Å²) in [5.41, 5.74) is 3.65. The summed E-state index contributed by atoms with van der Waals surface area (Å²) in [6.45, 7) is 16.1. The molecule has 0 radical (unpaired) electrons. The predicted octanol–water partition coefficient (Wildman–Crippen LogP) is 5.09. The highest BCUT2D eigenvalue weighted by molar-refractivity contribution is 5.96. The Morgan fingerprint density at radius 2 is 1.02 bits per heavy atom. The summed E-state index contributed by atoms with van der Waals surface area (Å²) in [4.78, 5) is 41.4. The van der Waals surface area contributed by atoms with E-state index in [0.29, 0.717) is 76.1 Å². The fourth-order valence-corrected chi connectivity index (χ4v) is 9.38. The Bertz CT molecular complexity index is 1910. The van der Waals surface area contributed by atoms with Gasteiger partial charge in [0.2, 0.25) is 0 Å². The van der Waals surface area contributed by atoms with E-state index in [1.165, 1.54) is 0 Å². The van der Waals surface area contributed by atoms with E-state index >= 15 is 0 Å². The Morgan fingerprint density at radius 3 is 1.38 bits per heavy atom. The van der Waals surface area contributed by atoms with Crippen LogP contribution in [0.15, 0.2) is 48.5 Å². The SMILES string of the molecule is COCCCCn1c(C(=O)N(CC(C)C)[C@@H]2CNCC([C@@H](O)COC)C2)nc2ccccc21.COCCCCn1c(C(=O)N(CC(C)C)[C@@H]2CNCC([C@H](O)COC)C2)nc2ccccc21. The van der Waals surface area contributed by atoms with Crippen LogP contribution >= 0.6 is 0 Å². The number of hydrogen-bond acceptors (Lipinski definition) is 12. The highest BCUT2D eigenvalue weighted by Crippen LogP contribution is 2.27. The molecular formula is C50H80N8O8. The molecule has 2 amide bonds. The molecule has 2 aromatic heterocycles. The van der Waals surface area contributed by atoms with Gasteiger partial charge in [-0.2, -0.15) is 0 Å². The number of benzene rings is 2. The van der Waals surface area contributed by atoms with Gasteiger partial charge in [0.05, 0.1) is 47.5 Å². The second-order valence-corrected chi connectivity index (χ2v) is 18.9. The Hall–Kier alpha value is -4.00. The second kappa shape index (κ2) is 27.1. The molecule has 2 fully saturated rings. The summed E-state index contributed by atoms with van der Waals surface area (Å²) < 4.78 is 24.8. The number of methoxy groups -OCH3 is 4. The molecule has 4 heterocycles. The molecule has 6 rings (SSSR count). The van der Waals surface area contributed by atoms with Crippen LogP contribution in [-0.2, 0) is 32.0 Å². The Labute approximate surface area is 392 Å². The maximum Gasteiger partial charge on any atom is 0.290 e. The Balaban J connectivity index is 0.000000247. The van der Waals surface area contributed by atoms with Gasteiger partial charge in [-0.3, -0.25) is 9.59 Å². The standard InChI is InChI=1S/2C25H40N4O4/c2*1-18(2)16-29(20-13-19(14-26-15-20)23(30)17-33-4)25(31)24-27-21-9-5-6-10-22(21)28(24)11-7-8-12-32-3/h2*5-6,9-10,18-20,23,26,30H,7-8,11-17H2,1-4H3/t19?,20-,23+;19?,20-,23-/m00/s1. The molecule has 2 aliphatic heterocycles. The van der Waals surface area contributed by atoms with Crippen molar-refractivity contribution in [3.05, 3.63) is 60.2 Å². The summed E-state index contributed by atoms with van der Waals surface area (Å²) in [5.74, 6) is 1.62. The zero-order valence-corrected chi connectivity index (χ0v) is 41.0. The molecule has 368 valence electrons. The summed E-state index contributed by atoms with van der Waals surface area (Å²) in [6.07, 6.45) is 4.06. The summed E-state index contributed by atoms with van der Waals surface area (Å²) in [7, 11) is 6.62. The number of aromatic nitrogens is 4. The van der Waals surface area contributed by atoms with Crippen LogP contribution in [0.25, 0.3) is 22.1 Å². The monoisotopic (exact) mass is 921 g/mol. The van der Waals surface area contributed by atoms with E-state index in [2.05, 4.69) is 47.5 Å². The molecule has 2 saturated heterocycles. The van der Waals surface area contributed by atoms with Crippen LogP contribution in [0.4, 0.5) is 0 Å². The third-order valence-electron chi connectivity index (χ3n) is 12.7. The first-order valence-corrected chi connectivity index (χ1v) is 24.2. The minimum atomic E-state index is -0.549. The van der Waals surface area contributed by atoms with Gasteiger partial charge in [-0.1, -0.05) is 52.0 Å². The number of aliphatic hydroxyl groups excluding tert-OH is 2. The van der Waals surface area contributed by atoms with E-state index in [4.69, 9.17) is 28.9 Å².